The van der Waals surface area contributed by atoms with E-state index < -0.39 is 0 Å². The van der Waals surface area contributed by atoms with Crippen molar-refractivity contribution in [1.29, 1.82) is 0 Å². The molecule has 2 aromatic rings. The van der Waals surface area contributed by atoms with Gasteiger partial charge < -0.3 is 9.47 Å². The zero-order valence-corrected chi connectivity index (χ0v) is 11.3. The van der Waals surface area contributed by atoms with E-state index >= 15 is 0 Å². The molecule has 0 atom stereocenters. The molecule has 0 saturated heterocycles. The molecule has 2 nitrogen and oxygen atoms in total. The van der Waals surface area contributed by atoms with Crippen molar-refractivity contribution in [2.75, 3.05) is 6.61 Å². The lowest BCUT2D eigenvalue weighted by Gasteiger charge is -2.10. The molecule has 0 aliphatic rings. The minimum absolute atomic E-state index is 0.453. The molecule has 0 amide bonds. The van der Waals surface area contributed by atoms with Gasteiger partial charge >= 0.3 is 0 Å². The van der Waals surface area contributed by atoms with E-state index in [4.69, 9.17) is 32.7 Å². The highest BCUT2D eigenvalue weighted by molar-refractivity contribution is 6.37. The van der Waals surface area contributed by atoms with Gasteiger partial charge in [0, 0.05) is 6.07 Å². The highest BCUT2D eigenvalue weighted by Crippen LogP contribution is 2.36. The number of hydrogen-bond donors (Lipinski definition) is 0. The summed E-state index contributed by atoms with van der Waals surface area (Å²) < 4.78 is 11.1. The first-order chi connectivity index (χ1) is 8.70. The van der Waals surface area contributed by atoms with E-state index in [2.05, 4.69) is 0 Å². The van der Waals surface area contributed by atoms with Crippen LogP contribution in [0.5, 0.6) is 17.2 Å². The minimum Gasteiger partial charge on any atom is -0.494 e. The number of para-hydroxylation sites is 1. The van der Waals surface area contributed by atoms with Crippen molar-refractivity contribution < 1.29 is 9.47 Å². The van der Waals surface area contributed by atoms with Gasteiger partial charge in [0.25, 0.3) is 0 Å². The van der Waals surface area contributed by atoms with Crippen molar-refractivity contribution in [2.24, 2.45) is 0 Å². The molecule has 0 spiro atoms. The molecule has 0 aliphatic heterocycles. The molecule has 2 aromatic carbocycles. The van der Waals surface area contributed by atoms with Crippen molar-refractivity contribution in [3.63, 3.8) is 0 Å². The Kier molecular flexibility index (Phi) is 4.34. The maximum Gasteiger partial charge on any atom is 0.164 e. The largest absolute Gasteiger partial charge is 0.494 e. The van der Waals surface area contributed by atoms with Gasteiger partial charge in [0.1, 0.15) is 11.5 Å². The molecule has 0 radical (unpaired) electrons. The van der Waals surface area contributed by atoms with Gasteiger partial charge in [-0.25, -0.2) is 0 Å². The minimum atomic E-state index is 0.453. The standard InChI is InChI=1S/C14H12Cl2O2/c1-2-17-10-5-3-6-11(9-10)18-14-12(15)7-4-8-13(14)16/h3-9H,2H2,1H3. The van der Waals surface area contributed by atoms with E-state index in [1.54, 1.807) is 24.3 Å². The Morgan fingerprint density at radius 3 is 2.22 bits per heavy atom. The highest BCUT2D eigenvalue weighted by atomic mass is 35.5. The summed E-state index contributed by atoms with van der Waals surface area (Å²) in [5.41, 5.74) is 0. The fourth-order valence-electron chi connectivity index (χ4n) is 1.49. The lowest BCUT2D eigenvalue weighted by atomic mass is 10.3. The summed E-state index contributed by atoms with van der Waals surface area (Å²) in [5, 5.41) is 0.952. The van der Waals surface area contributed by atoms with Crippen molar-refractivity contribution in [3.05, 3.63) is 52.5 Å². The lowest BCUT2D eigenvalue weighted by Crippen LogP contribution is -1.92. The smallest absolute Gasteiger partial charge is 0.164 e. The summed E-state index contributed by atoms with van der Waals surface area (Å²) in [4.78, 5) is 0. The number of benzene rings is 2. The molecule has 0 aromatic heterocycles. The molecule has 2 rings (SSSR count). The molecule has 0 fully saturated rings. The third kappa shape index (κ3) is 3.09. The van der Waals surface area contributed by atoms with Crippen molar-refractivity contribution in [1.82, 2.24) is 0 Å². The van der Waals surface area contributed by atoms with Crippen LogP contribution in [0.4, 0.5) is 0 Å². The van der Waals surface area contributed by atoms with Gasteiger partial charge in [-0.15, -0.1) is 0 Å². The van der Waals surface area contributed by atoms with Crippen LogP contribution in [-0.4, -0.2) is 6.61 Å². The normalized spacial score (nSPS) is 10.2. The topological polar surface area (TPSA) is 18.5 Å². The zero-order valence-electron chi connectivity index (χ0n) is 9.82. The van der Waals surface area contributed by atoms with Crippen molar-refractivity contribution in [3.8, 4) is 17.2 Å². The van der Waals surface area contributed by atoms with Crippen LogP contribution in [0.2, 0.25) is 10.0 Å². The summed E-state index contributed by atoms with van der Waals surface area (Å²) >= 11 is 12.1. The van der Waals surface area contributed by atoms with E-state index in [0.29, 0.717) is 28.2 Å². The predicted molar refractivity (Wildman–Crippen MR) is 74.1 cm³/mol. The van der Waals surface area contributed by atoms with Crippen LogP contribution in [0.15, 0.2) is 42.5 Å². The average Bonchev–Trinajstić information content (AvgIpc) is 2.35. The fourth-order valence-corrected chi connectivity index (χ4v) is 1.97. The van der Waals surface area contributed by atoms with Crippen LogP contribution in [0, 0.1) is 0 Å². The Morgan fingerprint density at radius 2 is 1.56 bits per heavy atom. The van der Waals surface area contributed by atoms with E-state index in [0.717, 1.165) is 5.75 Å². The molecule has 0 N–H and O–H groups in total. The fraction of sp³-hybridized carbons (Fsp3) is 0.143. The van der Waals surface area contributed by atoms with Gasteiger partial charge in [-0.2, -0.15) is 0 Å². The quantitative estimate of drug-likeness (QED) is 0.769. The van der Waals surface area contributed by atoms with E-state index in [9.17, 15) is 0 Å². The van der Waals surface area contributed by atoms with Crippen LogP contribution in [0.1, 0.15) is 6.92 Å². The third-order valence-electron chi connectivity index (χ3n) is 2.26. The highest BCUT2D eigenvalue weighted by Gasteiger charge is 2.08. The second-order valence-corrected chi connectivity index (χ2v) is 4.38. The van der Waals surface area contributed by atoms with Crippen LogP contribution < -0.4 is 9.47 Å². The van der Waals surface area contributed by atoms with Gasteiger partial charge in [-0.3, -0.25) is 0 Å². The summed E-state index contributed by atoms with van der Waals surface area (Å²) in [5.74, 6) is 1.84. The second-order valence-electron chi connectivity index (χ2n) is 3.56. The molecule has 0 unspecified atom stereocenters. The zero-order chi connectivity index (χ0) is 13.0. The molecule has 4 heteroatoms. The Bertz CT molecular complexity index is 521. The number of ether oxygens (including phenoxy) is 2. The monoisotopic (exact) mass is 282 g/mol. The van der Waals surface area contributed by atoms with Gasteiger partial charge in [0.2, 0.25) is 0 Å². The van der Waals surface area contributed by atoms with Crippen molar-refractivity contribution in [2.45, 2.75) is 6.92 Å². The average molecular weight is 283 g/mol. The Hall–Kier alpha value is -1.38. The number of hydrogen-bond acceptors (Lipinski definition) is 2. The molecule has 0 aliphatic carbocycles. The van der Waals surface area contributed by atoms with Crippen molar-refractivity contribution >= 4 is 23.2 Å². The van der Waals surface area contributed by atoms with Crippen LogP contribution in [0.3, 0.4) is 0 Å². The summed E-state index contributed by atoms with van der Waals surface area (Å²) in [6.45, 7) is 2.54. The first-order valence-corrected chi connectivity index (χ1v) is 6.31. The van der Waals surface area contributed by atoms with E-state index in [-0.39, 0.29) is 0 Å². The predicted octanol–water partition coefficient (Wildman–Crippen LogP) is 5.18. The van der Waals surface area contributed by atoms with Gasteiger partial charge in [0.05, 0.1) is 16.7 Å². The number of halogens is 2. The molecular weight excluding hydrogens is 271 g/mol. The molecular formula is C14H12Cl2O2. The SMILES string of the molecule is CCOc1cccc(Oc2c(Cl)cccc2Cl)c1. The second kappa shape index (κ2) is 5.98. The number of rotatable bonds is 4. The van der Waals surface area contributed by atoms with Crippen LogP contribution >= 0.6 is 23.2 Å². The van der Waals surface area contributed by atoms with Gasteiger partial charge in [-0.05, 0) is 31.2 Å². The Morgan fingerprint density at radius 1 is 0.944 bits per heavy atom. The Labute approximate surface area is 116 Å². The van der Waals surface area contributed by atoms with Crippen LogP contribution in [-0.2, 0) is 0 Å². The molecule has 0 saturated carbocycles. The lowest BCUT2D eigenvalue weighted by molar-refractivity contribution is 0.338. The molecule has 18 heavy (non-hydrogen) atoms. The summed E-state index contributed by atoms with van der Waals surface area (Å²) in [6.07, 6.45) is 0. The summed E-state index contributed by atoms with van der Waals surface area (Å²) in [6, 6.07) is 12.6. The van der Waals surface area contributed by atoms with Crippen LogP contribution in [0.25, 0.3) is 0 Å². The molecule has 0 heterocycles. The van der Waals surface area contributed by atoms with Gasteiger partial charge in [0.15, 0.2) is 5.75 Å². The molecule has 94 valence electrons. The van der Waals surface area contributed by atoms with E-state index in [1.165, 1.54) is 0 Å². The first-order valence-electron chi connectivity index (χ1n) is 5.55. The Balaban J connectivity index is 2.26. The van der Waals surface area contributed by atoms with Gasteiger partial charge in [-0.1, -0.05) is 35.3 Å². The maximum atomic E-state index is 6.04. The maximum absolute atomic E-state index is 6.04. The third-order valence-corrected chi connectivity index (χ3v) is 2.85. The summed E-state index contributed by atoms with van der Waals surface area (Å²) in [7, 11) is 0. The molecule has 0 bridgehead atoms. The van der Waals surface area contributed by atoms with E-state index in [1.807, 2.05) is 25.1 Å². The first kappa shape index (κ1) is 13.1.